The van der Waals surface area contributed by atoms with E-state index in [2.05, 4.69) is 53.0 Å². The number of nitrogens with two attached hydrogens (primary N) is 1. The second-order valence-corrected chi connectivity index (χ2v) is 17.3. The molecule has 0 aliphatic rings. The molecule has 0 radical (unpaired) electrons. The van der Waals surface area contributed by atoms with Crippen LogP contribution in [0.25, 0.3) is 0 Å². The molecule has 7 nitrogen and oxygen atoms in total. The molecule has 0 rings (SSSR count). The molecular formula is C25H52N2O5Si. The molecule has 0 spiro atoms. The van der Waals surface area contributed by atoms with Crippen molar-refractivity contribution in [2.45, 2.75) is 118 Å². The number of carboxylic acid groups (broad SMARTS) is 1. The number of alkyl carbamates (subject to hydrolysis) is 1. The van der Waals surface area contributed by atoms with Gasteiger partial charge in [0.25, 0.3) is 0 Å². The van der Waals surface area contributed by atoms with Gasteiger partial charge in [0.15, 0.2) is 8.32 Å². The van der Waals surface area contributed by atoms with E-state index in [9.17, 15) is 14.7 Å². The Morgan fingerprint density at radius 2 is 1.48 bits per heavy atom. The van der Waals surface area contributed by atoms with Gasteiger partial charge in [0, 0.05) is 0 Å². The number of hydrogen-bond donors (Lipinski definition) is 3. The standard InChI is InChI=1S/C25H52N2O5Si/c1-16(2)18(15-26)13-20(27-23(30)31-24(5,6)7)21(14-19(17(3)4)22(28)29)32-33(11,12)25(8,9)10/h16-21H,13-15,26H2,1-12H3,(H,27,30)(H,28,29). The molecule has 0 heterocycles. The molecule has 0 aromatic heterocycles. The Balaban J connectivity index is 6.31. The van der Waals surface area contributed by atoms with E-state index in [4.69, 9.17) is 14.9 Å². The lowest BCUT2D eigenvalue weighted by Gasteiger charge is -2.43. The quantitative estimate of drug-likeness (QED) is 0.307. The summed E-state index contributed by atoms with van der Waals surface area (Å²) in [6, 6.07) is -0.412. The number of aliphatic carboxylic acids is 1. The molecule has 33 heavy (non-hydrogen) atoms. The third kappa shape index (κ3) is 11.2. The van der Waals surface area contributed by atoms with E-state index in [1.54, 1.807) is 0 Å². The Labute approximate surface area is 203 Å². The molecule has 4 atom stereocenters. The Morgan fingerprint density at radius 3 is 1.82 bits per heavy atom. The molecule has 4 N–H and O–H groups in total. The predicted molar refractivity (Wildman–Crippen MR) is 138 cm³/mol. The average molecular weight is 489 g/mol. The van der Waals surface area contributed by atoms with Gasteiger partial charge in [-0.25, -0.2) is 4.79 Å². The third-order valence-electron chi connectivity index (χ3n) is 6.81. The van der Waals surface area contributed by atoms with Gasteiger partial charge in [0.2, 0.25) is 0 Å². The normalized spacial score (nSPS) is 16.9. The minimum atomic E-state index is -2.27. The van der Waals surface area contributed by atoms with Gasteiger partial charge in [-0.3, -0.25) is 4.79 Å². The molecule has 0 aliphatic heterocycles. The summed E-state index contributed by atoms with van der Waals surface area (Å²) in [6.45, 7) is 24.7. The Bertz CT molecular complexity index is 623. The van der Waals surface area contributed by atoms with Crippen molar-refractivity contribution in [2.75, 3.05) is 6.54 Å². The van der Waals surface area contributed by atoms with Crippen molar-refractivity contribution in [3.05, 3.63) is 0 Å². The molecule has 0 bridgehead atoms. The molecule has 8 heteroatoms. The zero-order valence-electron chi connectivity index (χ0n) is 23.2. The van der Waals surface area contributed by atoms with Gasteiger partial charge in [-0.1, -0.05) is 48.5 Å². The molecule has 1 amide bonds. The van der Waals surface area contributed by atoms with Gasteiger partial charge in [0.1, 0.15) is 5.60 Å². The fraction of sp³-hybridized carbons (Fsp3) is 0.920. The third-order valence-corrected chi connectivity index (χ3v) is 11.3. The lowest BCUT2D eigenvalue weighted by molar-refractivity contribution is -0.144. The van der Waals surface area contributed by atoms with Crippen LogP contribution in [0.2, 0.25) is 18.1 Å². The SMILES string of the molecule is CC(C)C(CN)CC(NC(=O)OC(C)(C)C)C(CC(C(=O)O)C(C)C)O[Si](C)(C)C(C)(C)C. The van der Waals surface area contributed by atoms with Gasteiger partial charge in [-0.2, -0.15) is 0 Å². The van der Waals surface area contributed by atoms with Crippen LogP contribution in [0.4, 0.5) is 4.79 Å². The van der Waals surface area contributed by atoms with E-state index in [0.717, 1.165) is 0 Å². The van der Waals surface area contributed by atoms with Gasteiger partial charge < -0.3 is 25.3 Å². The largest absolute Gasteiger partial charge is 0.481 e. The molecule has 0 aromatic rings. The van der Waals surface area contributed by atoms with Crippen LogP contribution in [-0.4, -0.2) is 49.8 Å². The number of hydrogen-bond acceptors (Lipinski definition) is 5. The summed E-state index contributed by atoms with van der Waals surface area (Å²) in [5.74, 6) is -1.03. The number of amides is 1. The fourth-order valence-corrected chi connectivity index (χ4v) is 4.86. The maximum Gasteiger partial charge on any atom is 0.407 e. The zero-order valence-corrected chi connectivity index (χ0v) is 24.2. The van der Waals surface area contributed by atoms with E-state index in [0.29, 0.717) is 25.3 Å². The minimum absolute atomic E-state index is 0.0643. The number of nitrogens with one attached hydrogen (secondary N) is 1. The Kier molecular flexibility index (Phi) is 12.1. The molecule has 196 valence electrons. The summed E-state index contributed by atoms with van der Waals surface area (Å²) < 4.78 is 12.4. The molecule has 0 fully saturated rings. The first kappa shape index (κ1) is 31.9. The highest BCUT2D eigenvalue weighted by Gasteiger charge is 2.43. The van der Waals surface area contributed by atoms with E-state index in [1.807, 2.05) is 34.6 Å². The topological polar surface area (TPSA) is 111 Å². The lowest BCUT2D eigenvalue weighted by atomic mass is 9.83. The van der Waals surface area contributed by atoms with Crippen LogP contribution in [0, 0.1) is 23.7 Å². The highest BCUT2D eigenvalue weighted by atomic mass is 28.4. The van der Waals surface area contributed by atoms with Gasteiger partial charge in [-0.15, -0.1) is 0 Å². The summed E-state index contributed by atoms with van der Waals surface area (Å²) in [5, 5.41) is 12.9. The molecule has 0 aromatic carbocycles. The predicted octanol–water partition coefficient (Wildman–Crippen LogP) is 5.64. The van der Waals surface area contributed by atoms with Crippen LogP contribution in [0.1, 0.15) is 82.1 Å². The van der Waals surface area contributed by atoms with Crippen molar-refractivity contribution in [2.24, 2.45) is 29.4 Å². The Hall–Kier alpha value is -1.12. The molecule has 0 aliphatic carbocycles. The van der Waals surface area contributed by atoms with Gasteiger partial charge >= 0.3 is 12.1 Å². The minimum Gasteiger partial charge on any atom is -0.481 e. The molecule has 0 saturated carbocycles. The van der Waals surface area contributed by atoms with Crippen molar-refractivity contribution in [3.8, 4) is 0 Å². The van der Waals surface area contributed by atoms with E-state index < -0.39 is 44.0 Å². The van der Waals surface area contributed by atoms with Crippen LogP contribution in [0.3, 0.4) is 0 Å². The summed E-state index contributed by atoms with van der Waals surface area (Å²) in [4.78, 5) is 24.9. The van der Waals surface area contributed by atoms with E-state index >= 15 is 0 Å². The first-order valence-corrected chi connectivity index (χ1v) is 15.2. The van der Waals surface area contributed by atoms with Crippen LogP contribution >= 0.6 is 0 Å². The summed E-state index contributed by atoms with van der Waals surface area (Å²) in [7, 11) is -2.27. The first-order chi connectivity index (χ1) is 14.7. The van der Waals surface area contributed by atoms with Crippen LogP contribution in [0.15, 0.2) is 0 Å². The summed E-state index contributed by atoms with van der Waals surface area (Å²) in [5.41, 5.74) is 5.44. The highest BCUT2D eigenvalue weighted by molar-refractivity contribution is 6.74. The highest BCUT2D eigenvalue weighted by Crippen LogP contribution is 2.39. The van der Waals surface area contributed by atoms with Gasteiger partial charge in [0.05, 0.1) is 18.1 Å². The van der Waals surface area contributed by atoms with Crippen molar-refractivity contribution >= 4 is 20.4 Å². The Morgan fingerprint density at radius 1 is 0.970 bits per heavy atom. The summed E-state index contributed by atoms with van der Waals surface area (Å²) in [6.07, 6.45) is -0.0750. The van der Waals surface area contributed by atoms with E-state index in [1.165, 1.54) is 0 Å². The number of ether oxygens (including phenoxy) is 1. The molecule has 0 saturated heterocycles. The maximum absolute atomic E-state index is 12.8. The number of carbonyl (C=O) groups is 2. The van der Waals surface area contributed by atoms with Crippen LogP contribution in [0.5, 0.6) is 0 Å². The second kappa shape index (κ2) is 12.5. The number of carbonyl (C=O) groups excluding carboxylic acids is 1. The maximum atomic E-state index is 12.8. The average Bonchev–Trinajstić information content (AvgIpc) is 2.58. The monoisotopic (exact) mass is 488 g/mol. The van der Waals surface area contributed by atoms with Crippen LogP contribution in [-0.2, 0) is 14.0 Å². The van der Waals surface area contributed by atoms with Gasteiger partial charge in [-0.05, 0) is 76.0 Å². The van der Waals surface area contributed by atoms with Crippen LogP contribution < -0.4 is 11.1 Å². The van der Waals surface area contributed by atoms with Crippen molar-refractivity contribution in [1.82, 2.24) is 5.32 Å². The van der Waals surface area contributed by atoms with Crippen molar-refractivity contribution in [1.29, 1.82) is 0 Å². The molecular weight excluding hydrogens is 436 g/mol. The smallest absolute Gasteiger partial charge is 0.407 e. The van der Waals surface area contributed by atoms with E-state index in [-0.39, 0.29) is 16.9 Å². The first-order valence-electron chi connectivity index (χ1n) is 12.3. The second-order valence-electron chi connectivity index (χ2n) is 12.6. The number of carboxylic acids is 1. The number of rotatable bonds is 12. The van der Waals surface area contributed by atoms with Crippen molar-refractivity contribution in [3.63, 3.8) is 0 Å². The zero-order chi connectivity index (χ0) is 26.4. The summed E-state index contributed by atoms with van der Waals surface area (Å²) >= 11 is 0. The lowest BCUT2D eigenvalue weighted by Crippen LogP contribution is -2.54. The molecule has 4 unspecified atom stereocenters. The fourth-order valence-electron chi connectivity index (χ4n) is 3.49. The van der Waals surface area contributed by atoms with Crippen molar-refractivity contribution < 1.29 is 23.9 Å².